The van der Waals surface area contributed by atoms with Gasteiger partial charge in [0.15, 0.2) is 0 Å². The molecule has 5 nitrogen and oxygen atoms in total. The lowest BCUT2D eigenvalue weighted by atomic mass is 9.95. The lowest BCUT2D eigenvalue weighted by Gasteiger charge is -2.34. The van der Waals surface area contributed by atoms with Crippen LogP contribution < -0.4 is 10.6 Å². The van der Waals surface area contributed by atoms with Gasteiger partial charge in [-0.1, -0.05) is 26.7 Å². The van der Waals surface area contributed by atoms with Gasteiger partial charge >= 0.3 is 0 Å². The highest BCUT2D eigenvalue weighted by Crippen LogP contribution is 2.20. The van der Waals surface area contributed by atoms with E-state index in [1.807, 2.05) is 4.90 Å². The largest absolute Gasteiger partial charge is 0.354 e. The summed E-state index contributed by atoms with van der Waals surface area (Å²) < 4.78 is 0. The predicted octanol–water partition coefficient (Wildman–Crippen LogP) is 1.92. The molecular weight excluding hydrogens is 290 g/mol. The Kier molecular flexibility index (Phi) is 7.34. The van der Waals surface area contributed by atoms with Gasteiger partial charge in [-0.05, 0) is 44.1 Å². The second-order valence-electron chi connectivity index (χ2n) is 7.13. The van der Waals surface area contributed by atoms with Crippen molar-refractivity contribution in [3.63, 3.8) is 0 Å². The number of likely N-dealkylation sites (tertiary alicyclic amines) is 1. The summed E-state index contributed by atoms with van der Waals surface area (Å²) in [6.45, 7) is 7.65. The number of carbonyl (C=O) groups excluding carboxylic acids is 2. The van der Waals surface area contributed by atoms with Crippen LogP contribution in [0.2, 0.25) is 0 Å². The molecule has 2 aliphatic heterocycles. The summed E-state index contributed by atoms with van der Waals surface area (Å²) in [5.41, 5.74) is 0. The summed E-state index contributed by atoms with van der Waals surface area (Å²) in [5, 5.41) is 6.31. The number of amides is 2. The van der Waals surface area contributed by atoms with E-state index >= 15 is 0 Å². The molecule has 2 rings (SSSR count). The number of carbonyl (C=O) groups is 2. The summed E-state index contributed by atoms with van der Waals surface area (Å²) in [6.07, 6.45) is 7.01. The highest BCUT2D eigenvalue weighted by molar-refractivity contribution is 5.82. The van der Waals surface area contributed by atoms with E-state index in [1.165, 1.54) is 0 Å². The van der Waals surface area contributed by atoms with Crippen molar-refractivity contribution in [2.75, 3.05) is 26.2 Å². The van der Waals surface area contributed by atoms with Crippen LogP contribution in [0, 0.1) is 11.8 Å². The minimum atomic E-state index is -0.00816. The molecule has 0 aromatic carbocycles. The molecule has 23 heavy (non-hydrogen) atoms. The first kappa shape index (κ1) is 18.2. The third kappa shape index (κ3) is 5.48. The zero-order chi connectivity index (χ0) is 16.7. The van der Waals surface area contributed by atoms with Crippen molar-refractivity contribution in [3.05, 3.63) is 0 Å². The molecule has 0 radical (unpaired) electrons. The van der Waals surface area contributed by atoms with Gasteiger partial charge in [0.25, 0.3) is 0 Å². The normalized spacial score (nSPS) is 24.9. The van der Waals surface area contributed by atoms with E-state index < -0.39 is 0 Å². The van der Waals surface area contributed by atoms with Crippen molar-refractivity contribution in [2.24, 2.45) is 11.8 Å². The number of nitrogens with one attached hydrogen (secondary N) is 2. The second kappa shape index (κ2) is 9.26. The van der Waals surface area contributed by atoms with E-state index in [9.17, 15) is 9.59 Å². The minimum Gasteiger partial charge on any atom is -0.354 e. The molecule has 2 N–H and O–H groups in total. The first-order chi connectivity index (χ1) is 11.1. The Labute approximate surface area is 140 Å². The van der Waals surface area contributed by atoms with Crippen molar-refractivity contribution >= 4 is 11.8 Å². The van der Waals surface area contributed by atoms with Crippen LogP contribution >= 0.6 is 0 Å². The summed E-state index contributed by atoms with van der Waals surface area (Å²) in [5.74, 6) is 1.34. The Morgan fingerprint density at radius 3 is 2.65 bits per heavy atom. The third-order valence-corrected chi connectivity index (χ3v) is 5.43. The van der Waals surface area contributed by atoms with E-state index in [-0.39, 0.29) is 11.9 Å². The van der Waals surface area contributed by atoms with E-state index in [0.29, 0.717) is 30.7 Å². The first-order valence-corrected chi connectivity index (χ1v) is 9.42. The maximum absolute atomic E-state index is 12.4. The van der Waals surface area contributed by atoms with E-state index in [2.05, 4.69) is 24.5 Å². The van der Waals surface area contributed by atoms with Gasteiger partial charge in [0.1, 0.15) is 0 Å². The zero-order valence-electron chi connectivity index (χ0n) is 14.8. The van der Waals surface area contributed by atoms with Gasteiger partial charge in [-0.15, -0.1) is 0 Å². The van der Waals surface area contributed by atoms with Crippen LogP contribution in [0.1, 0.15) is 58.8 Å². The molecule has 2 heterocycles. The van der Waals surface area contributed by atoms with E-state index in [0.717, 1.165) is 58.2 Å². The lowest BCUT2D eigenvalue weighted by Crippen LogP contribution is -2.47. The molecule has 2 atom stereocenters. The molecule has 0 aromatic heterocycles. The maximum Gasteiger partial charge on any atom is 0.237 e. The molecule has 5 heteroatoms. The first-order valence-electron chi connectivity index (χ1n) is 9.42. The summed E-state index contributed by atoms with van der Waals surface area (Å²) in [4.78, 5) is 26.5. The average Bonchev–Trinajstić information content (AvgIpc) is 3.12. The van der Waals surface area contributed by atoms with Gasteiger partial charge in [0, 0.05) is 26.1 Å². The lowest BCUT2D eigenvalue weighted by molar-refractivity contribution is -0.134. The quantitative estimate of drug-likeness (QED) is 0.752. The van der Waals surface area contributed by atoms with Gasteiger partial charge in [-0.2, -0.15) is 0 Å². The SMILES string of the molecule is CCC(CC)CC(=O)N1CCCC(CNC(=O)C2CCCN2)C1. The van der Waals surface area contributed by atoms with Crippen LogP contribution in [0.15, 0.2) is 0 Å². The maximum atomic E-state index is 12.4. The molecule has 0 bridgehead atoms. The van der Waals surface area contributed by atoms with Crippen LogP contribution in [0.25, 0.3) is 0 Å². The summed E-state index contributed by atoms with van der Waals surface area (Å²) in [6, 6.07) is -0.00816. The van der Waals surface area contributed by atoms with Crippen LogP contribution in [0.3, 0.4) is 0 Å². The van der Waals surface area contributed by atoms with Gasteiger partial charge < -0.3 is 15.5 Å². The standard InChI is InChI=1S/C18H33N3O2/c1-3-14(4-2)11-17(22)21-10-6-7-15(13-21)12-20-18(23)16-8-5-9-19-16/h14-16,19H,3-13H2,1-2H3,(H,20,23). The number of piperidine rings is 1. The van der Waals surface area contributed by atoms with Crippen LogP contribution in [0.4, 0.5) is 0 Å². The molecule has 2 saturated heterocycles. The average molecular weight is 323 g/mol. The molecular formula is C18H33N3O2. The topological polar surface area (TPSA) is 61.4 Å². The van der Waals surface area contributed by atoms with E-state index in [1.54, 1.807) is 0 Å². The molecule has 0 aromatic rings. The second-order valence-corrected chi connectivity index (χ2v) is 7.13. The monoisotopic (exact) mass is 323 g/mol. The van der Waals surface area contributed by atoms with Crippen LogP contribution in [-0.4, -0.2) is 48.9 Å². The van der Waals surface area contributed by atoms with Gasteiger partial charge in [0.05, 0.1) is 6.04 Å². The van der Waals surface area contributed by atoms with Gasteiger partial charge in [-0.25, -0.2) is 0 Å². The fourth-order valence-electron chi connectivity index (χ4n) is 3.69. The van der Waals surface area contributed by atoms with Gasteiger partial charge in [0.2, 0.25) is 11.8 Å². The summed E-state index contributed by atoms with van der Waals surface area (Å²) >= 11 is 0. The molecule has 2 aliphatic rings. The molecule has 0 aliphatic carbocycles. The Bertz CT molecular complexity index is 390. The molecule has 0 saturated carbocycles. The smallest absolute Gasteiger partial charge is 0.237 e. The number of hydrogen-bond donors (Lipinski definition) is 2. The number of rotatable bonds is 7. The van der Waals surface area contributed by atoms with Crippen LogP contribution in [-0.2, 0) is 9.59 Å². The third-order valence-electron chi connectivity index (χ3n) is 5.43. The number of nitrogens with zero attached hydrogens (tertiary/aromatic N) is 1. The van der Waals surface area contributed by atoms with Crippen molar-refractivity contribution < 1.29 is 9.59 Å². The minimum absolute atomic E-state index is 0.00816. The molecule has 2 amide bonds. The Balaban J connectivity index is 1.74. The molecule has 0 spiro atoms. The zero-order valence-corrected chi connectivity index (χ0v) is 14.8. The van der Waals surface area contributed by atoms with Crippen molar-refractivity contribution in [2.45, 2.75) is 64.8 Å². The Morgan fingerprint density at radius 2 is 2.00 bits per heavy atom. The van der Waals surface area contributed by atoms with E-state index in [4.69, 9.17) is 0 Å². The number of hydrogen-bond acceptors (Lipinski definition) is 3. The highest BCUT2D eigenvalue weighted by Gasteiger charge is 2.27. The van der Waals surface area contributed by atoms with Crippen LogP contribution in [0.5, 0.6) is 0 Å². The predicted molar refractivity (Wildman–Crippen MR) is 92.0 cm³/mol. The summed E-state index contributed by atoms with van der Waals surface area (Å²) in [7, 11) is 0. The Hall–Kier alpha value is -1.10. The van der Waals surface area contributed by atoms with Gasteiger partial charge in [-0.3, -0.25) is 9.59 Å². The molecule has 2 unspecified atom stereocenters. The Morgan fingerprint density at radius 1 is 1.22 bits per heavy atom. The van der Waals surface area contributed by atoms with Crippen molar-refractivity contribution in [1.82, 2.24) is 15.5 Å². The highest BCUT2D eigenvalue weighted by atomic mass is 16.2. The fourth-order valence-corrected chi connectivity index (χ4v) is 3.69. The van der Waals surface area contributed by atoms with Crippen molar-refractivity contribution in [3.8, 4) is 0 Å². The van der Waals surface area contributed by atoms with Crippen molar-refractivity contribution in [1.29, 1.82) is 0 Å². The molecule has 132 valence electrons. The fraction of sp³-hybridized carbons (Fsp3) is 0.889. The molecule has 2 fully saturated rings.